The van der Waals surface area contributed by atoms with Gasteiger partial charge in [0.05, 0.1) is 27.8 Å². The van der Waals surface area contributed by atoms with Crippen molar-refractivity contribution in [2.75, 3.05) is 6.61 Å². The maximum Gasteiger partial charge on any atom is 0.264 e. The van der Waals surface area contributed by atoms with Gasteiger partial charge >= 0.3 is 0 Å². The molecule has 2 aromatic carbocycles. The monoisotopic (exact) mass is 654 g/mol. The van der Waals surface area contributed by atoms with E-state index in [4.69, 9.17) is 34.4 Å². The fraction of sp³-hybridized carbons (Fsp3) is 0.0526. The number of halogens is 4. The SMILES string of the molecule is C#CCOc1c(I)cc(/C=C2/SC(=Nc3cccc(Cl)c3Cl)NC2=O)cc1I. The summed E-state index contributed by atoms with van der Waals surface area (Å²) in [5, 5.41) is 3.94. The molecule has 0 saturated carbocycles. The van der Waals surface area contributed by atoms with Crippen molar-refractivity contribution < 1.29 is 9.53 Å². The second-order valence-corrected chi connectivity index (χ2v) is 9.50. The van der Waals surface area contributed by atoms with E-state index in [1.54, 1.807) is 24.3 Å². The number of thioether (sulfide) groups is 1. The van der Waals surface area contributed by atoms with Crippen molar-refractivity contribution in [3.8, 4) is 18.1 Å². The van der Waals surface area contributed by atoms with Crippen LogP contribution in [0.5, 0.6) is 5.75 Å². The smallest absolute Gasteiger partial charge is 0.264 e. The summed E-state index contributed by atoms with van der Waals surface area (Å²) in [6, 6.07) is 9.02. The minimum absolute atomic E-state index is 0.205. The molecule has 9 heteroatoms. The average molecular weight is 655 g/mol. The number of hydrogen-bond acceptors (Lipinski definition) is 4. The van der Waals surface area contributed by atoms with Crippen LogP contribution in [0.25, 0.3) is 6.08 Å². The molecule has 142 valence electrons. The first kappa shape index (κ1) is 21.8. The second kappa shape index (κ2) is 9.71. The van der Waals surface area contributed by atoms with Gasteiger partial charge in [-0.05, 0) is 92.8 Å². The zero-order valence-electron chi connectivity index (χ0n) is 13.9. The van der Waals surface area contributed by atoms with Crippen molar-refractivity contribution in [2.24, 2.45) is 4.99 Å². The van der Waals surface area contributed by atoms with Gasteiger partial charge in [-0.1, -0.05) is 35.2 Å². The van der Waals surface area contributed by atoms with Crippen LogP contribution in [0.1, 0.15) is 5.56 Å². The van der Waals surface area contributed by atoms with Crippen LogP contribution >= 0.6 is 80.1 Å². The van der Waals surface area contributed by atoms with E-state index in [-0.39, 0.29) is 12.5 Å². The number of nitrogens with zero attached hydrogens (tertiary/aromatic N) is 1. The first-order valence-corrected chi connectivity index (χ1v) is 11.4. The van der Waals surface area contributed by atoms with Crippen LogP contribution < -0.4 is 10.1 Å². The van der Waals surface area contributed by atoms with E-state index >= 15 is 0 Å². The highest BCUT2D eigenvalue weighted by molar-refractivity contribution is 14.1. The van der Waals surface area contributed by atoms with Crippen molar-refractivity contribution >= 4 is 103 Å². The molecule has 1 fully saturated rings. The molecule has 1 aliphatic heterocycles. The van der Waals surface area contributed by atoms with Crippen LogP contribution in [0.2, 0.25) is 10.0 Å². The lowest BCUT2D eigenvalue weighted by Gasteiger charge is -2.09. The summed E-state index contributed by atoms with van der Waals surface area (Å²) >= 11 is 17.8. The number of hydrogen-bond donors (Lipinski definition) is 1. The molecule has 0 aromatic heterocycles. The van der Waals surface area contributed by atoms with Crippen LogP contribution in [0, 0.1) is 19.5 Å². The molecule has 3 rings (SSSR count). The summed E-state index contributed by atoms with van der Waals surface area (Å²) in [6.07, 6.45) is 7.06. The summed E-state index contributed by atoms with van der Waals surface area (Å²) in [6.45, 7) is 0.205. The summed E-state index contributed by atoms with van der Waals surface area (Å²) in [4.78, 5) is 17.2. The molecule has 0 unspecified atom stereocenters. The molecular weight excluding hydrogens is 645 g/mol. The first-order valence-electron chi connectivity index (χ1n) is 7.68. The highest BCUT2D eigenvalue weighted by Crippen LogP contribution is 2.35. The van der Waals surface area contributed by atoms with Crippen LogP contribution in [0.3, 0.4) is 0 Å². The second-order valence-electron chi connectivity index (χ2n) is 5.36. The van der Waals surface area contributed by atoms with E-state index < -0.39 is 0 Å². The number of amidine groups is 1. The van der Waals surface area contributed by atoms with Gasteiger partial charge in [0.1, 0.15) is 12.4 Å². The van der Waals surface area contributed by atoms with Crippen molar-refractivity contribution in [1.82, 2.24) is 5.32 Å². The van der Waals surface area contributed by atoms with E-state index in [0.29, 0.717) is 25.8 Å². The lowest BCUT2D eigenvalue weighted by atomic mass is 10.2. The van der Waals surface area contributed by atoms with Gasteiger partial charge in [-0.3, -0.25) is 4.79 Å². The average Bonchev–Trinajstić information content (AvgIpc) is 2.97. The highest BCUT2D eigenvalue weighted by Gasteiger charge is 2.24. The van der Waals surface area contributed by atoms with Gasteiger partial charge < -0.3 is 10.1 Å². The largest absolute Gasteiger partial charge is 0.479 e. The molecular formula is C19H10Cl2I2N2O2S. The normalized spacial score (nSPS) is 16.3. The van der Waals surface area contributed by atoms with Crippen LogP contribution in [-0.2, 0) is 4.79 Å². The maximum absolute atomic E-state index is 12.3. The number of terminal acetylenes is 1. The highest BCUT2D eigenvalue weighted by atomic mass is 127. The third kappa shape index (κ3) is 5.16. The Morgan fingerprint density at radius 1 is 1.29 bits per heavy atom. The molecule has 1 aliphatic rings. The molecule has 0 spiro atoms. The molecule has 0 bridgehead atoms. The Bertz CT molecular complexity index is 1040. The van der Waals surface area contributed by atoms with Crippen LogP contribution in [0.4, 0.5) is 5.69 Å². The van der Waals surface area contributed by atoms with E-state index in [0.717, 1.165) is 18.5 Å². The van der Waals surface area contributed by atoms with Gasteiger partial charge in [-0.25, -0.2) is 4.99 Å². The third-order valence-corrected chi connectivity index (χ3v) is 6.74. The van der Waals surface area contributed by atoms with Gasteiger partial charge in [-0.15, -0.1) is 6.42 Å². The third-order valence-electron chi connectivity index (χ3n) is 3.42. The predicted molar refractivity (Wildman–Crippen MR) is 133 cm³/mol. The molecule has 1 N–H and O–H groups in total. The number of carbonyl (C=O) groups excluding carboxylic acids is 1. The molecule has 4 nitrogen and oxygen atoms in total. The molecule has 0 aliphatic carbocycles. The molecule has 0 radical (unpaired) electrons. The van der Waals surface area contributed by atoms with Crippen molar-refractivity contribution in [3.05, 3.63) is 58.0 Å². The number of nitrogens with one attached hydrogen (secondary N) is 1. The van der Waals surface area contributed by atoms with Gasteiger partial charge in [0.2, 0.25) is 0 Å². The van der Waals surface area contributed by atoms with Crippen molar-refractivity contribution in [2.45, 2.75) is 0 Å². The molecule has 1 heterocycles. The number of rotatable bonds is 4. The Hall–Kier alpha value is -0.930. The fourth-order valence-electron chi connectivity index (χ4n) is 2.23. The topological polar surface area (TPSA) is 50.7 Å². The molecule has 28 heavy (non-hydrogen) atoms. The number of aliphatic imine (C=N–C) groups is 1. The molecule has 1 saturated heterocycles. The van der Waals surface area contributed by atoms with E-state index in [2.05, 4.69) is 61.4 Å². The van der Waals surface area contributed by atoms with Gasteiger partial charge in [0.15, 0.2) is 5.17 Å². The lowest BCUT2D eigenvalue weighted by Crippen LogP contribution is -2.19. The fourth-order valence-corrected chi connectivity index (χ4v) is 5.53. The number of carbonyl (C=O) groups is 1. The van der Waals surface area contributed by atoms with Gasteiger partial charge in [0, 0.05) is 0 Å². The summed E-state index contributed by atoms with van der Waals surface area (Å²) in [7, 11) is 0. The maximum atomic E-state index is 12.3. The molecule has 1 amide bonds. The minimum Gasteiger partial charge on any atom is -0.479 e. The minimum atomic E-state index is -0.223. The zero-order valence-corrected chi connectivity index (χ0v) is 20.6. The summed E-state index contributed by atoms with van der Waals surface area (Å²) in [5.74, 6) is 2.97. The Balaban J connectivity index is 1.86. The number of amides is 1. The Kier molecular flexibility index (Phi) is 7.55. The quantitative estimate of drug-likeness (QED) is 0.246. The Morgan fingerprint density at radius 3 is 2.68 bits per heavy atom. The lowest BCUT2D eigenvalue weighted by molar-refractivity contribution is -0.115. The van der Waals surface area contributed by atoms with Gasteiger partial charge in [-0.2, -0.15) is 0 Å². The van der Waals surface area contributed by atoms with Crippen LogP contribution in [0.15, 0.2) is 40.2 Å². The Morgan fingerprint density at radius 2 is 2.00 bits per heavy atom. The first-order chi connectivity index (χ1) is 13.4. The van der Waals surface area contributed by atoms with Gasteiger partial charge in [0.25, 0.3) is 5.91 Å². The van der Waals surface area contributed by atoms with E-state index in [1.165, 1.54) is 11.8 Å². The zero-order chi connectivity index (χ0) is 20.3. The predicted octanol–water partition coefficient (Wildman–Crippen LogP) is 6.11. The standard InChI is InChI=1S/C19H10Cl2I2N2O2S/c1-2-6-27-17-12(22)7-10(8-13(17)23)9-15-18(26)25-19(28-15)24-14-5-3-4-11(20)16(14)21/h1,3-5,7-9H,6H2,(H,24,25,26)/b15-9+. The van der Waals surface area contributed by atoms with E-state index in [9.17, 15) is 4.79 Å². The molecule has 2 aromatic rings. The van der Waals surface area contributed by atoms with Crippen LogP contribution in [-0.4, -0.2) is 17.7 Å². The van der Waals surface area contributed by atoms with Crippen molar-refractivity contribution in [1.29, 1.82) is 0 Å². The summed E-state index contributed by atoms with van der Waals surface area (Å²) in [5.41, 5.74) is 1.37. The van der Waals surface area contributed by atoms with Crippen molar-refractivity contribution in [3.63, 3.8) is 0 Å². The van der Waals surface area contributed by atoms with E-state index in [1.807, 2.05) is 12.1 Å². The Labute approximate surface area is 203 Å². The molecule has 0 atom stereocenters. The number of benzene rings is 2. The summed E-state index contributed by atoms with van der Waals surface area (Å²) < 4.78 is 7.39. The number of ether oxygens (including phenoxy) is 1.